The lowest BCUT2D eigenvalue weighted by Gasteiger charge is -2.36. The van der Waals surface area contributed by atoms with Crippen molar-refractivity contribution in [1.29, 1.82) is 0 Å². The molecule has 0 atom stereocenters. The fourth-order valence-corrected chi connectivity index (χ4v) is 3.23. The molecule has 2 aromatic carbocycles. The van der Waals surface area contributed by atoms with Crippen molar-refractivity contribution in [3.63, 3.8) is 0 Å². The maximum absolute atomic E-state index is 11.3. The van der Waals surface area contributed by atoms with Gasteiger partial charge in [0.25, 0.3) is 5.69 Å². The summed E-state index contributed by atoms with van der Waals surface area (Å²) in [5, 5.41) is 20.1. The van der Waals surface area contributed by atoms with Crippen molar-refractivity contribution in [3.8, 4) is 5.75 Å². The second kappa shape index (κ2) is 8.05. The van der Waals surface area contributed by atoms with Crippen LogP contribution in [0.5, 0.6) is 5.75 Å². The van der Waals surface area contributed by atoms with Crippen LogP contribution in [-0.2, 0) is 6.54 Å². The molecule has 1 aliphatic heterocycles. The van der Waals surface area contributed by atoms with Crippen LogP contribution in [0, 0.1) is 10.1 Å². The zero-order valence-electron chi connectivity index (χ0n) is 15.0. The highest BCUT2D eigenvalue weighted by atomic mass is 16.6. The minimum Gasteiger partial charge on any atom is -0.496 e. The van der Waals surface area contributed by atoms with Gasteiger partial charge in [-0.3, -0.25) is 15.0 Å². The molecule has 1 fully saturated rings. The molecule has 1 saturated heterocycles. The summed E-state index contributed by atoms with van der Waals surface area (Å²) in [5.74, 6) is -0.647. The Balaban J connectivity index is 1.60. The van der Waals surface area contributed by atoms with Gasteiger partial charge in [-0.05, 0) is 29.8 Å². The molecule has 3 rings (SSSR count). The van der Waals surface area contributed by atoms with Gasteiger partial charge in [0.1, 0.15) is 11.3 Å². The highest BCUT2D eigenvalue weighted by Gasteiger charge is 2.19. The molecule has 1 aliphatic rings. The van der Waals surface area contributed by atoms with Crippen molar-refractivity contribution < 1.29 is 19.6 Å². The highest BCUT2D eigenvalue weighted by Crippen LogP contribution is 2.23. The Labute approximate surface area is 156 Å². The monoisotopic (exact) mass is 371 g/mol. The molecular formula is C19H21N3O5. The van der Waals surface area contributed by atoms with E-state index in [9.17, 15) is 20.0 Å². The average molecular weight is 371 g/mol. The molecule has 0 amide bonds. The van der Waals surface area contributed by atoms with Crippen LogP contribution in [0.1, 0.15) is 15.9 Å². The molecule has 27 heavy (non-hydrogen) atoms. The van der Waals surface area contributed by atoms with Crippen molar-refractivity contribution in [1.82, 2.24) is 4.90 Å². The first-order chi connectivity index (χ1) is 13.0. The fraction of sp³-hybridized carbons (Fsp3) is 0.316. The number of carboxylic acid groups (broad SMARTS) is 1. The van der Waals surface area contributed by atoms with Gasteiger partial charge in [0.05, 0.1) is 12.0 Å². The number of methoxy groups -OCH3 is 1. The third-order valence-corrected chi connectivity index (χ3v) is 4.70. The normalized spacial score (nSPS) is 14.8. The zero-order chi connectivity index (χ0) is 19.4. The SMILES string of the molecule is COc1ccc(CN2CCN(c3ccc([N+](=O)[O-])cc3)CC2)cc1C(=O)O. The zero-order valence-corrected chi connectivity index (χ0v) is 15.0. The number of carboxylic acids is 1. The molecule has 1 N–H and O–H groups in total. The number of anilines is 1. The lowest BCUT2D eigenvalue weighted by Crippen LogP contribution is -2.45. The van der Waals surface area contributed by atoms with Crippen molar-refractivity contribution >= 4 is 17.3 Å². The Morgan fingerprint density at radius 3 is 2.37 bits per heavy atom. The first-order valence-corrected chi connectivity index (χ1v) is 8.60. The number of aromatic carboxylic acids is 1. The van der Waals surface area contributed by atoms with Gasteiger partial charge in [0.15, 0.2) is 0 Å². The molecule has 0 aliphatic carbocycles. The van der Waals surface area contributed by atoms with Crippen molar-refractivity contribution in [2.75, 3.05) is 38.2 Å². The summed E-state index contributed by atoms with van der Waals surface area (Å²) in [4.78, 5) is 26.2. The van der Waals surface area contributed by atoms with E-state index in [0.717, 1.165) is 37.4 Å². The minimum absolute atomic E-state index is 0.0890. The van der Waals surface area contributed by atoms with E-state index in [2.05, 4.69) is 9.80 Å². The lowest BCUT2D eigenvalue weighted by atomic mass is 10.1. The van der Waals surface area contributed by atoms with E-state index in [4.69, 9.17) is 4.74 Å². The van der Waals surface area contributed by atoms with Crippen LogP contribution >= 0.6 is 0 Å². The second-order valence-electron chi connectivity index (χ2n) is 6.38. The van der Waals surface area contributed by atoms with E-state index in [1.54, 1.807) is 24.3 Å². The number of carbonyl (C=O) groups is 1. The molecule has 0 radical (unpaired) electrons. The molecule has 0 aromatic heterocycles. The van der Waals surface area contributed by atoms with E-state index in [1.807, 2.05) is 6.07 Å². The van der Waals surface area contributed by atoms with Gasteiger partial charge in [-0.2, -0.15) is 0 Å². The van der Waals surface area contributed by atoms with Crippen LogP contribution in [-0.4, -0.2) is 54.2 Å². The molecule has 8 nitrogen and oxygen atoms in total. The Kier molecular flexibility index (Phi) is 5.56. The minimum atomic E-state index is -1.00. The number of nitrogens with zero attached hydrogens (tertiary/aromatic N) is 3. The Hall–Kier alpha value is -3.13. The molecule has 142 valence electrons. The van der Waals surface area contributed by atoms with Crippen molar-refractivity contribution in [2.45, 2.75) is 6.54 Å². The van der Waals surface area contributed by atoms with Crippen LogP contribution in [0.4, 0.5) is 11.4 Å². The van der Waals surface area contributed by atoms with Gasteiger partial charge in [-0.1, -0.05) is 6.07 Å². The van der Waals surface area contributed by atoms with E-state index < -0.39 is 10.9 Å². The van der Waals surface area contributed by atoms with E-state index in [1.165, 1.54) is 19.2 Å². The average Bonchev–Trinajstić information content (AvgIpc) is 2.68. The third kappa shape index (κ3) is 4.35. The number of nitro benzene ring substituents is 1. The maximum atomic E-state index is 11.3. The first kappa shape index (κ1) is 18.7. The van der Waals surface area contributed by atoms with Gasteiger partial charge >= 0.3 is 5.97 Å². The van der Waals surface area contributed by atoms with Crippen molar-refractivity contribution in [3.05, 3.63) is 63.7 Å². The highest BCUT2D eigenvalue weighted by molar-refractivity contribution is 5.91. The number of non-ortho nitro benzene ring substituents is 1. The number of nitro groups is 1. The summed E-state index contributed by atoms with van der Waals surface area (Å²) >= 11 is 0. The summed E-state index contributed by atoms with van der Waals surface area (Å²) in [6, 6.07) is 11.8. The molecule has 0 saturated carbocycles. The molecular weight excluding hydrogens is 350 g/mol. The van der Waals surface area contributed by atoms with Crippen molar-refractivity contribution in [2.24, 2.45) is 0 Å². The summed E-state index contributed by atoms with van der Waals surface area (Å²) in [6.07, 6.45) is 0. The van der Waals surface area contributed by atoms with Crippen LogP contribution in [0.2, 0.25) is 0 Å². The molecule has 0 unspecified atom stereocenters. The van der Waals surface area contributed by atoms with Gasteiger partial charge in [0.2, 0.25) is 0 Å². The van der Waals surface area contributed by atoms with Crippen LogP contribution < -0.4 is 9.64 Å². The van der Waals surface area contributed by atoms with E-state index >= 15 is 0 Å². The third-order valence-electron chi connectivity index (χ3n) is 4.70. The Morgan fingerprint density at radius 1 is 1.15 bits per heavy atom. The predicted octanol–water partition coefficient (Wildman–Crippen LogP) is 2.62. The molecule has 2 aromatic rings. The Bertz CT molecular complexity index is 830. The number of hydrogen-bond acceptors (Lipinski definition) is 6. The number of benzene rings is 2. The Morgan fingerprint density at radius 2 is 1.81 bits per heavy atom. The molecule has 1 heterocycles. The summed E-state index contributed by atoms with van der Waals surface area (Å²) in [7, 11) is 1.46. The van der Waals surface area contributed by atoms with Gasteiger partial charge in [-0.15, -0.1) is 0 Å². The number of hydrogen-bond donors (Lipinski definition) is 1. The van der Waals surface area contributed by atoms with Gasteiger partial charge in [0, 0.05) is 50.5 Å². The largest absolute Gasteiger partial charge is 0.496 e. The number of piperazine rings is 1. The van der Waals surface area contributed by atoms with E-state index in [0.29, 0.717) is 12.3 Å². The molecule has 0 spiro atoms. The van der Waals surface area contributed by atoms with E-state index in [-0.39, 0.29) is 11.3 Å². The predicted molar refractivity (Wildman–Crippen MR) is 101 cm³/mol. The summed E-state index contributed by atoms with van der Waals surface area (Å²) in [5.41, 5.74) is 2.15. The van der Waals surface area contributed by atoms with Crippen LogP contribution in [0.25, 0.3) is 0 Å². The van der Waals surface area contributed by atoms with Gasteiger partial charge in [-0.25, -0.2) is 4.79 Å². The molecule has 0 bridgehead atoms. The van der Waals surface area contributed by atoms with Gasteiger partial charge < -0.3 is 14.7 Å². The maximum Gasteiger partial charge on any atom is 0.339 e. The second-order valence-corrected chi connectivity index (χ2v) is 6.38. The molecule has 8 heteroatoms. The topological polar surface area (TPSA) is 96.1 Å². The lowest BCUT2D eigenvalue weighted by molar-refractivity contribution is -0.384. The quantitative estimate of drug-likeness (QED) is 0.616. The fourth-order valence-electron chi connectivity index (χ4n) is 3.23. The smallest absolute Gasteiger partial charge is 0.339 e. The first-order valence-electron chi connectivity index (χ1n) is 8.60. The number of ether oxygens (including phenoxy) is 1. The van der Waals surface area contributed by atoms with Crippen LogP contribution in [0.15, 0.2) is 42.5 Å². The summed E-state index contributed by atoms with van der Waals surface area (Å²) in [6.45, 7) is 3.93. The van der Waals surface area contributed by atoms with Crippen LogP contribution in [0.3, 0.4) is 0 Å². The standard InChI is InChI=1S/C19H21N3O5/c1-27-18-7-2-14(12-17(18)19(23)24)13-20-8-10-21(11-9-20)15-3-5-16(6-4-15)22(25)26/h2-7,12H,8-11,13H2,1H3,(H,23,24). The number of rotatable bonds is 6. The summed E-state index contributed by atoms with van der Waals surface area (Å²) < 4.78 is 5.09.